The average Bonchev–Trinajstić information content (AvgIpc) is 4.03. The van der Waals surface area contributed by atoms with Gasteiger partial charge in [-0.05, 0) is 178 Å². The lowest BCUT2D eigenvalue weighted by Crippen LogP contribution is -2.46. The lowest BCUT2D eigenvalue weighted by Gasteiger charge is -2.34. The van der Waals surface area contributed by atoms with Crippen molar-refractivity contribution in [3.8, 4) is 35.5 Å². The summed E-state index contributed by atoms with van der Waals surface area (Å²) in [4.78, 5) is 62.5. The summed E-state index contributed by atoms with van der Waals surface area (Å²) in [6.07, 6.45) is 8.13. The molecule has 0 radical (unpaired) electrons. The van der Waals surface area contributed by atoms with Crippen LogP contribution in [0.5, 0.6) is 0 Å². The van der Waals surface area contributed by atoms with E-state index in [0.29, 0.717) is 26.2 Å². The molecular formula is C57H84ClIN6O8S3. The summed E-state index contributed by atoms with van der Waals surface area (Å²) in [5, 5.41) is 16.0. The normalized spacial score (nSPS) is 17.0. The van der Waals surface area contributed by atoms with Crippen LogP contribution >= 0.6 is 68.2 Å². The standard InChI is InChI=1S/C21H30N2O3S.C14H20N2O2S.C12H13IO2S.C8H13ClO.C2H8N2/c1-14-7-9-15(10-8-14)19(24)23(22(5)6)17-13-16(11-12-21(2,3)4)27-18(17)20(25)26;1-14(2,3)8-7-10-9-11(15-16(4)5)12(19-10)13(17)18-6;1-12(2,3)6-5-8-7-9(13)10(16-8)11(14)15-4;1-6-2-4-7(5-3-6)8(9)10;1-4(2)3/h13-15H,7-10H2,1-6H3,(H,25,26);9,15H,1-6H3;7H,1-4H3;6-7H,2-5H2,1H3;3H2,1-2H3. The van der Waals surface area contributed by atoms with Crippen molar-refractivity contribution in [2.75, 3.05) is 66.9 Å². The minimum Gasteiger partial charge on any atom is -0.477 e. The van der Waals surface area contributed by atoms with Gasteiger partial charge in [0.15, 0.2) is 0 Å². The number of rotatable bonds is 9. The summed E-state index contributed by atoms with van der Waals surface area (Å²) in [7, 11) is 13.6. The predicted octanol–water partition coefficient (Wildman–Crippen LogP) is 12.8. The van der Waals surface area contributed by atoms with E-state index in [1.54, 1.807) is 44.3 Å². The number of aromatic carboxylic acids is 1. The second kappa shape index (κ2) is 32.8. The summed E-state index contributed by atoms with van der Waals surface area (Å²) < 4.78 is 10.4. The Labute approximate surface area is 485 Å². The third-order valence-electron chi connectivity index (χ3n) is 10.6. The summed E-state index contributed by atoms with van der Waals surface area (Å²) in [6.45, 7) is 22.8. The van der Waals surface area contributed by atoms with Crippen molar-refractivity contribution < 1.29 is 38.6 Å². The molecule has 3 aromatic heterocycles. The molecule has 0 saturated heterocycles. The van der Waals surface area contributed by atoms with Crippen LogP contribution in [0.15, 0.2) is 18.2 Å². The molecule has 4 N–H and O–H groups in total. The first kappa shape index (κ1) is 70.0. The van der Waals surface area contributed by atoms with Crippen molar-refractivity contribution in [3.63, 3.8) is 0 Å². The number of carbonyl (C=O) groups excluding carboxylic acids is 4. The molecule has 422 valence electrons. The van der Waals surface area contributed by atoms with Crippen LogP contribution in [0, 0.1) is 79.0 Å². The van der Waals surface area contributed by atoms with Crippen molar-refractivity contribution in [3.05, 3.63) is 51.0 Å². The van der Waals surface area contributed by atoms with Gasteiger partial charge >= 0.3 is 17.9 Å². The number of amides is 1. The van der Waals surface area contributed by atoms with Gasteiger partial charge in [-0.3, -0.25) is 20.4 Å². The van der Waals surface area contributed by atoms with Crippen molar-refractivity contribution in [2.24, 2.45) is 45.8 Å². The number of nitrogens with two attached hydrogens (primary N) is 1. The van der Waals surface area contributed by atoms with E-state index in [1.807, 2.05) is 67.8 Å². The third-order valence-corrected chi connectivity index (χ3v) is 15.2. The Kier molecular flexibility index (Phi) is 30.2. The number of anilines is 2. The molecule has 0 unspecified atom stereocenters. The van der Waals surface area contributed by atoms with Gasteiger partial charge in [0.25, 0.3) is 0 Å². The molecule has 2 fully saturated rings. The summed E-state index contributed by atoms with van der Waals surface area (Å²) >= 11 is 11.3. The number of hydrogen-bond donors (Lipinski definition) is 3. The van der Waals surface area contributed by atoms with E-state index in [2.05, 4.69) is 98.2 Å². The average molecular weight is 1240 g/mol. The molecule has 1 amide bonds. The molecule has 0 atom stereocenters. The molecule has 2 aliphatic carbocycles. The Morgan fingerprint density at radius 3 is 1.38 bits per heavy atom. The van der Waals surface area contributed by atoms with Gasteiger partial charge in [0, 0.05) is 73.9 Å². The van der Waals surface area contributed by atoms with Crippen LogP contribution in [0.1, 0.15) is 171 Å². The van der Waals surface area contributed by atoms with E-state index in [-0.39, 0.29) is 56.0 Å². The van der Waals surface area contributed by atoms with Crippen molar-refractivity contribution in [1.29, 1.82) is 0 Å². The molecule has 19 heteroatoms. The number of nitrogens with zero attached hydrogens (tertiary/aromatic N) is 4. The van der Waals surface area contributed by atoms with Gasteiger partial charge in [-0.25, -0.2) is 29.4 Å². The lowest BCUT2D eigenvalue weighted by atomic mass is 9.82. The zero-order valence-electron chi connectivity index (χ0n) is 48.4. The number of esters is 2. The van der Waals surface area contributed by atoms with Gasteiger partial charge in [0.05, 0.1) is 40.2 Å². The fraction of sp³-hybridized carbons (Fsp3) is 0.596. The predicted molar refractivity (Wildman–Crippen MR) is 324 cm³/mol. The largest absolute Gasteiger partial charge is 0.477 e. The third kappa shape index (κ3) is 27.5. The van der Waals surface area contributed by atoms with Crippen LogP contribution in [-0.4, -0.2) is 106 Å². The van der Waals surface area contributed by atoms with Crippen LogP contribution < -0.4 is 16.3 Å². The molecule has 76 heavy (non-hydrogen) atoms. The van der Waals surface area contributed by atoms with Gasteiger partial charge in [0.2, 0.25) is 11.1 Å². The van der Waals surface area contributed by atoms with E-state index >= 15 is 0 Å². The number of hydrazine groups is 3. The highest BCUT2D eigenvalue weighted by Gasteiger charge is 2.33. The van der Waals surface area contributed by atoms with Gasteiger partial charge in [-0.2, -0.15) is 0 Å². The number of carboxylic acids is 1. The van der Waals surface area contributed by atoms with Crippen LogP contribution in [0.3, 0.4) is 0 Å². The van der Waals surface area contributed by atoms with Gasteiger partial charge in [-0.1, -0.05) is 49.4 Å². The van der Waals surface area contributed by atoms with E-state index < -0.39 is 5.97 Å². The number of methoxy groups -OCH3 is 2. The van der Waals surface area contributed by atoms with E-state index in [1.165, 1.54) is 59.8 Å². The molecule has 0 aromatic carbocycles. The lowest BCUT2D eigenvalue weighted by molar-refractivity contribution is -0.126. The van der Waals surface area contributed by atoms with E-state index in [4.69, 9.17) is 26.9 Å². The number of carboxylic acid groups (broad SMARTS) is 1. The quantitative estimate of drug-likeness (QED) is 0.0461. The molecule has 3 heterocycles. The highest BCUT2D eigenvalue weighted by molar-refractivity contribution is 14.1. The Morgan fingerprint density at radius 1 is 0.645 bits per heavy atom. The van der Waals surface area contributed by atoms with Crippen LogP contribution in [-0.2, 0) is 19.1 Å². The number of nitrogens with one attached hydrogen (secondary N) is 1. The minimum absolute atomic E-state index is 0.0254. The molecule has 0 spiro atoms. The van der Waals surface area contributed by atoms with Crippen LogP contribution in [0.25, 0.3) is 0 Å². The maximum atomic E-state index is 13.2. The summed E-state index contributed by atoms with van der Waals surface area (Å²) in [6, 6.07) is 5.52. The number of hydrogen-bond acceptors (Lipinski definition) is 15. The molecule has 2 saturated carbocycles. The second-order valence-electron chi connectivity index (χ2n) is 22.4. The zero-order chi connectivity index (χ0) is 58.5. The highest BCUT2D eigenvalue weighted by Crippen LogP contribution is 2.36. The summed E-state index contributed by atoms with van der Waals surface area (Å²) in [5.74, 6) is 23.5. The maximum Gasteiger partial charge on any atom is 0.350 e. The monoisotopic (exact) mass is 1240 g/mol. The van der Waals surface area contributed by atoms with Crippen molar-refractivity contribution in [2.45, 2.75) is 128 Å². The van der Waals surface area contributed by atoms with Crippen molar-refractivity contribution in [1.82, 2.24) is 15.0 Å². The first-order valence-electron chi connectivity index (χ1n) is 25.1. The van der Waals surface area contributed by atoms with Crippen LogP contribution in [0.4, 0.5) is 11.4 Å². The van der Waals surface area contributed by atoms with Gasteiger partial charge < -0.3 is 20.0 Å². The fourth-order valence-corrected chi connectivity index (χ4v) is 10.7. The number of ether oxygens (including phenoxy) is 2. The molecule has 0 bridgehead atoms. The Morgan fingerprint density at radius 2 is 1.01 bits per heavy atom. The number of carbonyl (C=O) groups is 5. The SMILES string of the molecule is CC1CCC(C(=O)Cl)CC1.CC1CCC(C(=O)N(c2cc(C#CC(C)(C)C)sc2C(=O)O)N(C)C)CC1.CN(C)N.COC(=O)c1sc(C#CC(C)(C)C)cc1I.COC(=O)c1sc(C#CC(C)(C)C)cc1NN(C)C. The molecule has 14 nitrogen and oxygen atoms in total. The first-order chi connectivity index (χ1) is 35.0. The number of halogens is 2. The van der Waals surface area contributed by atoms with E-state index in [0.717, 1.165) is 74.8 Å². The molecule has 3 aromatic rings. The molecular weight excluding hydrogens is 1160 g/mol. The Bertz CT molecular complexity index is 2570. The van der Waals surface area contributed by atoms with Crippen LogP contribution in [0.2, 0.25) is 0 Å². The Balaban J connectivity index is 0.000000519. The summed E-state index contributed by atoms with van der Waals surface area (Å²) in [5.41, 5.74) is 3.95. The Hall–Kier alpha value is -4.01. The smallest absolute Gasteiger partial charge is 0.350 e. The maximum absolute atomic E-state index is 13.2. The van der Waals surface area contributed by atoms with Gasteiger partial charge in [-0.15, -0.1) is 34.0 Å². The zero-order valence-corrected chi connectivity index (χ0v) is 53.7. The second-order valence-corrected chi connectivity index (χ2v) is 27.1. The fourth-order valence-electron chi connectivity index (χ4n) is 6.88. The molecule has 0 aliphatic heterocycles. The topological polar surface area (TPSA) is 175 Å². The first-order valence-corrected chi connectivity index (χ1v) is 29.0. The minimum atomic E-state index is -1.03. The molecule has 5 rings (SSSR count). The number of thiophene rings is 3. The highest BCUT2D eigenvalue weighted by atomic mass is 127. The van der Waals surface area contributed by atoms with E-state index in [9.17, 15) is 29.1 Å². The molecule has 2 aliphatic rings. The van der Waals surface area contributed by atoms with Gasteiger partial charge in [0.1, 0.15) is 14.6 Å². The van der Waals surface area contributed by atoms with Crippen molar-refractivity contribution >= 4 is 109 Å².